The highest BCUT2D eigenvalue weighted by Crippen LogP contribution is 2.76. The van der Waals surface area contributed by atoms with Crippen LogP contribution in [0.5, 0.6) is 0 Å². The first-order valence-electron chi connectivity index (χ1n) is 32.1. The lowest BCUT2D eigenvalue weighted by Gasteiger charge is -2.71. The Morgan fingerprint density at radius 1 is 0.543 bits per heavy atom. The summed E-state index contributed by atoms with van der Waals surface area (Å²) in [4.78, 5) is 55.5. The Kier molecular flexibility index (Phi) is 20.6. The van der Waals surface area contributed by atoms with Gasteiger partial charge in [0.25, 0.3) is 0 Å². The van der Waals surface area contributed by atoms with Gasteiger partial charge in [-0.1, -0.05) is 39.3 Å². The Morgan fingerprint density at radius 3 is 1.75 bits per heavy atom. The van der Waals surface area contributed by atoms with Crippen LogP contribution in [0.3, 0.4) is 0 Å². The molecule has 33 unspecified atom stereocenters. The Labute approximate surface area is 531 Å². The highest BCUT2D eigenvalue weighted by Gasteiger charge is 2.74. The van der Waals surface area contributed by atoms with E-state index < -0.39 is 236 Å². The van der Waals surface area contributed by atoms with E-state index in [4.69, 9.17) is 56.8 Å². The highest BCUT2D eigenvalue weighted by atomic mass is 16.8. The number of fused-ring (bicyclic) bond motifs is 7. The maximum Gasteiger partial charge on any atom is 0.315 e. The molecule has 5 aliphatic heterocycles. The van der Waals surface area contributed by atoms with Gasteiger partial charge in [-0.2, -0.15) is 0 Å². The van der Waals surface area contributed by atoms with Crippen molar-refractivity contribution in [1.82, 2.24) is 0 Å². The fourth-order valence-electron chi connectivity index (χ4n) is 18.2. The molecule has 30 nitrogen and oxygen atoms in total. The van der Waals surface area contributed by atoms with E-state index in [0.717, 1.165) is 19.4 Å². The number of esters is 3. The number of hydrogen-bond donors (Lipinski definition) is 14. The van der Waals surface area contributed by atoms with Crippen LogP contribution in [0.4, 0.5) is 0 Å². The minimum Gasteiger partial charge on any atom is -0.481 e. The van der Waals surface area contributed by atoms with Crippen LogP contribution in [0.15, 0.2) is 11.6 Å². The summed E-state index contributed by atoms with van der Waals surface area (Å²) in [5.41, 5.74) is -5.43. The standard InChI is InChI=1S/C62H96O30/c1-24-44(88-51-43(77)46(32(69)22-82-51)89-50-40(74)36(70)31(68)21-81-50)39(73)42(76)52(83-24)90-48-47(86-27(4)66)45(85-26(3)65)25(2)84-54(48)92-56(80)61-15-14-57(5,6)18-29(61)28-10-11-34-58(7)19-30(67)49(91-53-41(75)38(72)37(71)33(20-63)87-53)60(9,55(78)79)35(58)12-13-59(34,8)62(28,23-64)17-16-61/h10,24-25,29-54,63-64,67-77H,11-23H2,1-9H3,(H,78,79). The lowest BCUT2D eigenvalue weighted by atomic mass is 9.33. The zero-order valence-electron chi connectivity index (χ0n) is 53.2. The summed E-state index contributed by atoms with van der Waals surface area (Å²) in [6, 6.07) is 0. The number of aliphatic hydroxyl groups is 13. The molecule has 0 aromatic rings. The van der Waals surface area contributed by atoms with Gasteiger partial charge < -0.3 is 128 Å². The summed E-state index contributed by atoms with van der Waals surface area (Å²) in [7, 11) is 0. The molecule has 5 heterocycles. The van der Waals surface area contributed by atoms with Gasteiger partial charge in [0.05, 0.1) is 55.6 Å². The number of carboxylic acid groups (broad SMARTS) is 1. The summed E-state index contributed by atoms with van der Waals surface area (Å²) in [5.74, 6) is -5.39. The molecule has 10 aliphatic rings. The van der Waals surface area contributed by atoms with E-state index in [9.17, 15) is 85.9 Å². The Balaban J connectivity index is 0.917. The zero-order chi connectivity index (χ0) is 67.4. The van der Waals surface area contributed by atoms with Gasteiger partial charge in [0.1, 0.15) is 85.5 Å². The average molecular weight is 1320 g/mol. The van der Waals surface area contributed by atoms with Crippen LogP contribution in [-0.4, -0.2) is 275 Å². The van der Waals surface area contributed by atoms with Crippen molar-refractivity contribution >= 4 is 23.9 Å². The average Bonchev–Trinajstić information content (AvgIpc) is 0.671. The van der Waals surface area contributed by atoms with Crippen LogP contribution in [0.2, 0.25) is 0 Å². The van der Waals surface area contributed by atoms with Crippen LogP contribution in [0, 0.1) is 50.2 Å². The number of aliphatic hydroxyl groups excluding tert-OH is 13. The van der Waals surface area contributed by atoms with Gasteiger partial charge in [-0.25, -0.2) is 0 Å². The molecule has 33 atom stereocenters. The van der Waals surface area contributed by atoms with Crippen LogP contribution in [0.1, 0.15) is 120 Å². The topological polar surface area (TPSA) is 462 Å². The van der Waals surface area contributed by atoms with E-state index in [1.165, 1.54) is 20.8 Å². The summed E-state index contributed by atoms with van der Waals surface area (Å²) >= 11 is 0. The third kappa shape index (κ3) is 12.1. The minimum absolute atomic E-state index is 0.0120. The second-order valence-electron chi connectivity index (χ2n) is 29.2. The normalized spacial score (nSPS) is 51.7. The van der Waals surface area contributed by atoms with Gasteiger partial charge in [-0.05, 0) is 113 Å². The third-order valence-electron chi connectivity index (χ3n) is 23.2. The number of aliphatic carboxylic acids is 1. The van der Waals surface area contributed by atoms with Gasteiger partial charge >= 0.3 is 23.9 Å². The van der Waals surface area contributed by atoms with Crippen molar-refractivity contribution < 1.29 is 148 Å². The molecule has 14 N–H and O–H groups in total. The van der Waals surface area contributed by atoms with Crippen molar-refractivity contribution in [3.05, 3.63) is 11.6 Å². The molecule has 4 saturated carbocycles. The first-order valence-corrected chi connectivity index (χ1v) is 32.1. The van der Waals surface area contributed by atoms with Gasteiger partial charge in [-0.15, -0.1) is 0 Å². The van der Waals surface area contributed by atoms with Crippen molar-refractivity contribution in [3.8, 4) is 0 Å². The van der Waals surface area contributed by atoms with Crippen molar-refractivity contribution in [2.75, 3.05) is 26.4 Å². The molecule has 0 radical (unpaired) electrons. The number of carbonyl (C=O) groups excluding carboxylic acids is 3. The first kappa shape index (κ1) is 71.5. The number of allylic oxidation sites excluding steroid dienone is 1. The molecule has 30 heteroatoms. The molecule has 0 aromatic carbocycles. The largest absolute Gasteiger partial charge is 0.481 e. The van der Waals surface area contributed by atoms with Gasteiger partial charge in [0.15, 0.2) is 43.5 Å². The van der Waals surface area contributed by atoms with Crippen LogP contribution in [-0.2, 0) is 76.0 Å². The summed E-state index contributed by atoms with van der Waals surface area (Å²) in [5, 5.41) is 154. The molecule has 92 heavy (non-hydrogen) atoms. The Morgan fingerprint density at radius 2 is 1.11 bits per heavy atom. The number of hydrogen-bond acceptors (Lipinski definition) is 29. The SMILES string of the molecule is CC(=O)OC1C(C)OC(OC(=O)C23CCC(C)(C)CC2C2=CCC4C5(C)CC(O)C(OC6OC(CO)C(O)C(O)C6O)C(C)(C(=O)O)C5CCC4(C)C2(CO)CC3)C(OC2OC(C)C(OC3OCC(O)C(OC4OCC(O)C(O)C4O)C3O)C(O)C2O)C1OC(C)=O. The van der Waals surface area contributed by atoms with Crippen LogP contribution < -0.4 is 0 Å². The van der Waals surface area contributed by atoms with E-state index in [2.05, 4.69) is 26.8 Å². The van der Waals surface area contributed by atoms with Crippen molar-refractivity contribution in [1.29, 1.82) is 0 Å². The molecule has 5 aliphatic carbocycles. The lowest BCUT2D eigenvalue weighted by molar-refractivity contribution is -0.378. The lowest BCUT2D eigenvalue weighted by Crippen LogP contribution is -2.71. The van der Waals surface area contributed by atoms with Gasteiger partial charge in [0.2, 0.25) is 6.29 Å². The first-order chi connectivity index (χ1) is 43.1. The van der Waals surface area contributed by atoms with E-state index >= 15 is 4.79 Å². The van der Waals surface area contributed by atoms with Gasteiger partial charge in [-0.3, -0.25) is 19.2 Å². The number of rotatable bonds is 15. The quantitative estimate of drug-likeness (QED) is 0.0343. The predicted molar refractivity (Wildman–Crippen MR) is 304 cm³/mol. The molecule has 5 saturated heterocycles. The van der Waals surface area contributed by atoms with E-state index in [1.807, 2.05) is 6.92 Å². The van der Waals surface area contributed by atoms with Crippen molar-refractivity contribution in [3.63, 3.8) is 0 Å². The zero-order valence-corrected chi connectivity index (χ0v) is 53.2. The highest BCUT2D eigenvalue weighted by molar-refractivity contribution is 5.79. The summed E-state index contributed by atoms with van der Waals surface area (Å²) in [6.07, 6.45) is -36.4. The second-order valence-corrected chi connectivity index (χ2v) is 29.2. The molecule has 0 bridgehead atoms. The molecule has 524 valence electrons. The second kappa shape index (κ2) is 26.5. The smallest absolute Gasteiger partial charge is 0.315 e. The van der Waals surface area contributed by atoms with E-state index in [-0.39, 0.29) is 43.6 Å². The van der Waals surface area contributed by atoms with Crippen molar-refractivity contribution in [2.24, 2.45) is 50.2 Å². The molecule has 0 spiro atoms. The maximum atomic E-state index is 15.9. The van der Waals surface area contributed by atoms with E-state index in [1.54, 1.807) is 0 Å². The fraction of sp³-hybridized carbons (Fsp3) is 0.903. The molecular formula is C62H96O30. The molecule has 10 rings (SSSR count). The van der Waals surface area contributed by atoms with Crippen molar-refractivity contribution in [2.45, 2.75) is 274 Å². The third-order valence-corrected chi connectivity index (χ3v) is 23.2. The monoisotopic (exact) mass is 1320 g/mol. The van der Waals surface area contributed by atoms with Gasteiger partial charge in [0, 0.05) is 19.3 Å². The summed E-state index contributed by atoms with van der Waals surface area (Å²) in [6.45, 7) is 12.7. The number of ether oxygens (including phenoxy) is 12. The molecular weight excluding hydrogens is 1220 g/mol. The summed E-state index contributed by atoms with van der Waals surface area (Å²) < 4.78 is 71.4. The maximum absolute atomic E-state index is 15.9. The fourth-order valence-corrected chi connectivity index (χ4v) is 18.2. The molecule has 0 amide bonds. The Bertz CT molecular complexity index is 2700. The Hall–Kier alpha value is -3.26. The molecule has 0 aromatic heterocycles. The van der Waals surface area contributed by atoms with Crippen LogP contribution >= 0.6 is 0 Å². The number of carbonyl (C=O) groups is 4. The molecule has 9 fully saturated rings. The van der Waals surface area contributed by atoms with E-state index in [0.29, 0.717) is 32.1 Å². The predicted octanol–water partition coefficient (Wildman–Crippen LogP) is -2.73. The minimum atomic E-state index is -2.05. The van der Waals surface area contributed by atoms with Crippen LogP contribution in [0.25, 0.3) is 0 Å². The number of carboxylic acids is 1.